The molecule has 3 N–H and O–H groups in total. The van der Waals surface area contributed by atoms with Gasteiger partial charge in [0.05, 0.1) is 11.4 Å². The van der Waals surface area contributed by atoms with Gasteiger partial charge in [-0.3, -0.25) is 9.79 Å². The summed E-state index contributed by atoms with van der Waals surface area (Å²) in [5.74, 6) is 0.743. The molecule has 1 aromatic carbocycles. The van der Waals surface area contributed by atoms with Crippen molar-refractivity contribution < 1.29 is 18.0 Å². The molecule has 0 radical (unpaired) electrons. The van der Waals surface area contributed by atoms with Gasteiger partial charge in [0, 0.05) is 34.7 Å². The van der Waals surface area contributed by atoms with Crippen molar-refractivity contribution in [2.75, 3.05) is 11.9 Å². The largest absolute Gasteiger partial charge is 0.433 e. The lowest BCUT2D eigenvalue weighted by molar-refractivity contribution is -0.140. The van der Waals surface area contributed by atoms with Crippen LogP contribution >= 0.6 is 11.6 Å². The Balaban J connectivity index is 1.41. The van der Waals surface area contributed by atoms with Crippen LogP contribution < -0.4 is 16.0 Å². The van der Waals surface area contributed by atoms with Gasteiger partial charge in [-0.15, -0.1) is 0 Å². The molecule has 1 aliphatic heterocycles. The second-order valence-electron chi connectivity index (χ2n) is 8.37. The first-order valence-electron chi connectivity index (χ1n) is 10.7. The number of amides is 1. The van der Waals surface area contributed by atoms with Crippen molar-refractivity contribution in [3.8, 4) is 0 Å². The van der Waals surface area contributed by atoms with Gasteiger partial charge in [0.2, 0.25) is 5.91 Å². The minimum absolute atomic E-state index is 0.00370. The van der Waals surface area contributed by atoms with Crippen LogP contribution in [-0.2, 0) is 11.0 Å². The molecule has 1 aliphatic carbocycles. The first-order chi connectivity index (χ1) is 15.2. The number of pyridine rings is 1. The van der Waals surface area contributed by atoms with Crippen molar-refractivity contribution in [2.24, 2.45) is 4.99 Å². The number of amidine groups is 1. The lowest BCUT2D eigenvalue weighted by Crippen LogP contribution is -2.52. The zero-order valence-corrected chi connectivity index (χ0v) is 18.4. The van der Waals surface area contributed by atoms with E-state index in [-0.39, 0.29) is 29.5 Å². The topological polar surface area (TPSA) is 78.4 Å². The van der Waals surface area contributed by atoms with E-state index in [1.165, 1.54) is 12.1 Å². The number of anilines is 1. The molecule has 1 aromatic heterocycles. The highest BCUT2D eigenvalue weighted by Gasteiger charge is 2.34. The predicted octanol–water partition coefficient (Wildman–Crippen LogP) is 4.53. The fourth-order valence-electron chi connectivity index (χ4n) is 4.29. The van der Waals surface area contributed by atoms with Gasteiger partial charge in [0.15, 0.2) is 0 Å². The van der Waals surface area contributed by atoms with Crippen LogP contribution in [0.5, 0.6) is 0 Å². The maximum absolute atomic E-state index is 13.3. The molecule has 172 valence electrons. The zero-order chi connectivity index (χ0) is 22.9. The van der Waals surface area contributed by atoms with Crippen molar-refractivity contribution in [3.63, 3.8) is 0 Å². The average Bonchev–Trinajstić information content (AvgIpc) is 2.74. The molecule has 1 amide bonds. The number of benzene rings is 1. The summed E-state index contributed by atoms with van der Waals surface area (Å²) in [7, 11) is 0. The Labute approximate surface area is 189 Å². The third kappa shape index (κ3) is 5.26. The first-order valence-corrected chi connectivity index (χ1v) is 11.1. The lowest BCUT2D eigenvalue weighted by atomic mass is 9.90. The molecular formula is C22H25ClF3N5O. The third-order valence-corrected chi connectivity index (χ3v) is 6.20. The van der Waals surface area contributed by atoms with E-state index in [1.807, 2.05) is 6.92 Å². The molecule has 0 bridgehead atoms. The summed E-state index contributed by atoms with van der Waals surface area (Å²) in [6.45, 7) is 2.48. The average molecular weight is 468 g/mol. The number of nitrogens with zero attached hydrogens (tertiary/aromatic N) is 2. The molecule has 0 unspecified atom stereocenters. The van der Waals surface area contributed by atoms with E-state index < -0.39 is 11.9 Å². The second-order valence-corrected chi connectivity index (χ2v) is 8.80. The summed E-state index contributed by atoms with van der Waals surface area (Å²) in [6, 6.07) is 5.48. The molecule has 6 nitrogen and oxygen atoms in total. The summed E-state index contributed by atoms with van der Waals surface area (Å²) in [4.78, 5) is 20.5. The molecule has 2 aliphatic rings. The van der Waals surface area contributed by atoms with Crippen molar-refractivity contribution in [1.82, 2.24) is 15.6 Å². The van der Waals surface area contributed by atoms with E-state index >= 15 is 0 Å². The number of carbonyl (C=O) groups is 1. The van der Waals surface area contributed by atoms with Gasteiger partial charge in [-0.25, -0.2) is 4.98 Å². The quantitative estimate of drug-likeness (QED) is 0.617. The lowest BCUT2D eigenvalue weighted by Gasteiger charge is -2.32. The highest BCUT2D eigenvalue weighted by atomic mass is 35.5. The Kier molecular flexibility index (Phi) is 6.46. The molecule has 1 saturated carbocycles. The molecule has 0 spiro atoms. The minimum Gasteiger partial charge on any atom is -0.382 e. The Morgan fingerprint density at radius 3 is 2.53 bits per heavy atom. The number of nitrogens with one attached hydrogen (secondary N) is 3. The van der Waals surface area contributed by atoms with E-state index in [2.05, 4.69) is 25.9 Å². The number of carbonyl (C=O) groups excluding carboxylic acids is 1. The SMILES string of the molecule is CC1=NCC[C@@H](C(=O)NC2CCC(Nc3cc(C(F)(F)F)nc4ccc(Cl)cc34)CC2)N1. The van der Waals surface area contributed by atoms with Gasteiger partial charge in [0.1, 0.15) is 11.7 Å². The number of halogens is 4. The Morgan fingerprint density at radius 2 is 1.84 bits per heavy atom. The van der Waals surface area contributed by atoms with E-state index in [4.69, 9.17) is 11.6 Å². The number of rotatable bonds is 4. The smallest absolute Gasteiger partial charge is 0.382 e. The first kappa shape index (κ1) is 22.6. The highest BCUT2D eigenvalue weighted by Crippen LogP contribution is 2.35. The van der Waals surface area contributed by atoms with Crippen LogP contribution in [0.15, 0.2) is 29.3 Å². The normalized spacial score (nSPS) is 23.9. The number of aromatic nitrogens is 1. The van der Waals surface area contributed by atoms with Gasteiger partial charge in [-0.1, -0.05) is 11.6 Å². The monoisotopic (exact) mass is 467 g/mol. The summed E-state index contributed by atoms with van der Waals surface area (Å²) in [5.41, 5.74) is -0.320. The molecule has 0 saturated heterocycles. The fourth-order valence-corrected chi connectivity index (χ4v) is 4.47. The van der Waals surface area contributed by atoms with Gasteiger partial charge in [-0.2, -0.15) is 13.2 Å². The van der Waals surface area contributed by atoms with Crippen LogP contribution in [0.4, 0.5) is 18.9 Å². The molecule has 4 rings (SSSR count). The molecule has 2 aromatic rings. The van der Waals surface area contributed by atoms with Crippen LogP contribution in [0.25, 0.3) is 10.9 Å². The highest BCUT2D eigenvalue weighted by molar-refractivity contribution is 6.31. The predicted molar refractivity (Wildman–Crippen MR) is 119 cm³/mol. The standard InChI is InChI=1S/C22H25ClF3N5O/c1-12-27-9-8-18(28-12)21(32)30-15-5-3-14(4-6-15)29-19-11-20(22(24,25)26)31-17-7-2-13(23)10-16(17)19/h2,7,10-11,14-15,18H,3-6,8-9H2,1H3,(H,27,28)(H,29,31)(H,30,32)/t14?,15?,18-/m0/s1. The zero-order valence-electron chi connectivity index (χ0n) is 17.6. The third-order valence-electron chi connectivity index (χ3n) is 5.96. The van der Waals surface area contributed by atoms with Crippen LogP contribution in [0.1, 0.15) is 44.7 Å². The maximum atomic E-state index is 13.3. The van der Waals surface area contributed by atoms with Gasteiger partial charge in [-0.05, 0) is 63.3 Å². The minimum atomic E-state index is -4.54. The van der Waals surface area contributed by atoms with Crippen LogP contribution in [0.3, 0.4) is 0 Å². The van der Waals surface area contributed by atoms with Crippen molar-refractivity contribution >= 4 is 39.9 Å². The summed E-state index contributed by atoms with van der Waals surface area (Å²) in [6.07, 6.45) is -0.912. The summed E-state index contributed by atoms with van der Waals surface area (Å²) < 4.78 is 40.0. The van der Waals surface area contributed by atoms with Crippen molar-refractivity contribution in [1.29, 1.82) is 0 Å². The molecule has 1 atom stereocenters. The fraction of sp³-hybridized carbons (Fsp3) is 0.500. The molecule has 10 heteroatoms. The van der Waals surface area contributed by atoms with Gasteiger partial charge >= 0.3 is 6.18 Å². The number of alkyl halides is 3. The van der Waals surface area contributed by atoms with E-state index in [0.29, 0.717) is 29.1 Å². The Bertz CT molecular complexity index is 1030. The van der Waals surface area contributed by atoms with Crippen LogP contribution in [-0.4, -0.2) is 41.4 Å². The maximum Gasteiger partial charge on any atom is 0.433 e. The summed E-state index contributed by atoms with van der Waals surface area (Å²) in [5, 5.41) is 10.5. The number of hydrogen-bond donors (Lipinski definition) is 3. The van der Waals surface area contributed by atoms with Gasteiger partial charge in [0.25, 0.3) is 0 Å². The van der Waals surface area contributed by atoms with E-state index in [9.17, 15) is 18.0 Å². The molecule has 32 heavy (non-hydrogen) atoms. The van der Waals surface area contributed by atoms with E-state index in [0.717, 1.165) is 37.6 Å². The Morgan fingerprint density at radius 1 is 1.12 bits per heavy atom. The van der Waals surface area contributed by atoms with Crippen LogP contribution in [0, 0.1) is 0 Å². The second kappa shape index (κ2) is 9.13. The van der Waals surface area contributed by atoms with Crippen molar-refractivity contribution in [3.05, 3.63) is 35.0 Å². The number of hydrogen-bond acceptors (Lipinski definition) is 5. The van der Waals surface area contributed by atoms with Crippen molar-refractivity contribution in [2.45, 2.75) is 63.3 Å². The summed E-state index contributed by atoms with van der Waals surface area (Å²) >= 11 is 6.07. The number of fused-ring (bicyclic) bond motifs is 1. The molecular weight excluding hydrogens is 443 g/mol. The number of aliphatic imine (C=N–C) groups is 1. The molecule has 2 heterocycles. The Hall–Kier alpha value is -2.55. The van der Waals surface area contributed by atoms with Crippen LogP contribution in [0.2, 0.25) is 5.02 Å². The van der Waals surface area contributed by atoms with Gasteiger partial charge < -0.3 is 16.0 Å². The van der Waals surface area contributed by atoms with E-state index in [1.54, 1.807) is 6.07 Å². The molecule has 1 fully saturated rings.